The molecule has 2 nitrogen and oxygen atoms in total. The fraction of sp³-hybridized carbons (Fsp3) is 0.0938. The monoisotopic (exact) mass is 846 g/mol. The van der Waals surface area contributed by atoms with Crippen LogP contribution in [0.5, 0.6) is 0 Å². The molecule has 0 amide bonds. The molecule has 0 bridgehead atoms. The number of fused-ring (bicyclic) bond motifs is 6. The van der Waals surface area contributed by atoms with Gasteiger partial charge in [-0.3, -0.25) is 0 Å². The van der Waals surface area contributed by atoms with Crippen LogP contribution in [0.3, 0.4) is 0 Å². The van der Waals surface area contributed by atoms with E-state index in [1.54, 1.807) is 0 Å². The van der Waals surface area contributed by atoms with E-state index in [9.17, 15) is 0 Å². The zero-order chi connectivity index (χ0) is 44.6. The van der Waals surface area contributed by atoms with Gasteiger partial charge in [0.25, 0.3) is 0 Å². The van der Waals surface area contributed by atoms with Gasteiger partial charge in [-0.2, -0.15) is 0 Å². The van der Waals surface area contributed by atoms with E-state index in [-0.39, 0.29) is 10.8 Å². The van der Waals surface area contributed by atoms with Crippen LogP contribution < -0.4 is 9.80 Å². The Labute approximate surface area is 388 Å². The molecule has 2 heteroatoms. The lowest BCUT2D eigenvalue weighted by molar-refractivity contribution is 0.644. The van der Waals surface area contributed by atoms with Crippen molar-refractivity contribution in [1.29, 1.82) is 0 Å². The average molecular weight is 847 g/mol. The van der Waals surface area contributed by atoms with Gasteiger partial charge in [0.15, 0.2) is 0 Å². The molecule has 0 heterocycles. The molecule has 0 unspecified atom stereocenters. The standard InChI is InChI=1S/C64H50N2/c1-63(2)57-27-17-26-55-61-54-39-33-46(44-30-36-52(37-31-44)66(49-22-13-7-14-23-49)50-24-15-8-16-25-50)41-59(54)64(3,4)60(61)42-56(62(55)57)53-38-32-45(40-58(53)63)43-28-34-51(35-29-43)65(47-18-9-5-10-19-47)48-20-11-6-12-21-48/h5-42H,1-4H3. The summed E-state index contributed by atoms with van der Waals surface area (Å²) in [6.45, 7) is 9.66. The summed E-state index contributed by atoms with van der Waals surface area (Å²) in [4.78, 5) is 4.64. The van der Waals surface area contributed by atoms with Crippen molar-refractivity contribution in [3.63, 3.8) is 0 Å². The fourth-order valence-corrected chi connectivity index (χ4v) is 11.0. The topological polar surface area (TPSA) is 6.48 Å². The highest BCUT2D eigenvalue weighted by atomic mass is 15.1. The zero-order valence-electron chi connectivity index (χ0n) is 37.8. The lowest BCUT2D eigenvalue weighted by atomic mass is 9.67. The van der Waals surface area contributed by atoms with Gasteiger partial charge in [-0.05, 0) is 169 Å². The average Bonchev–Trinajstić information content (AvgIpc) is 3.60. The third-order valence-electron chi connectivity index (χ3n) is 14.4. The summed E-state index contributed by atoms with van der Waals surface area (Å²) in [5.41, 5.74) is 22.3. The van der Waals surface area contributed by atoms with Crippen LogP contribution in [0.4, 0.5) is 34.1 Å². The molecule has 316 valence electrons. The maximum absolute atomic E-state index is 2.54. The fourth-order valence-electron chi connectivity index (χ4n) is 11.0. The van der Waals surface area contributed by atoms with Crippen molar-refractivity contribution in [2.75, 3.05) is 9.80 Å². The highest BCUT2D eigenvalue weighted by Crippen LogP contribution is 2.58. The number of hydrogen-bond donors (Lipinski definition) is 0. The van der Waals surface area contributed by atoms with Crippen LogP contribution in [0, 0.1) is 0 Å². The van der Waals surface area contributed by atoms with Gasteiger partial charge in [-0.15, -0.1) is 0 Å². The second kappa shape index (κ2) is 15.4. The van der Waals surface area contributed by atoms with Crippen LogP contribution in [0.1, 0.15) is 49.9 Å². The smallest absolute Gasteiger partial charge is 0.0462 e. The van der Waals surface area contributed by atoms with Gasteiger partial charge in [-0.25, -0.2) is 0 Å². The first-order chi connectivity index (χ1) is 32.3. The number of hydrogen-bond acceptors (Lipinski definition) is 2. The van der Waals surface area contributed by atoms with Gasteiger partial charge in [0, 0.05) is 45.0 Å². The summed E-state index contributed by atoms with van der Waals surface area (Å²) in [7, 11) is 0. The number of nitrogens with zero attached hydrogens (tertiary/aromatic N) is 2. The predicted molar refractivity (Wildman–Crippen MR) is 279 cm³/mol. The maximum Gasteiger partial charge on any atom is 0.0462 e. The molecule has 66 heavy (non-hydrogen) atoms. The van der Waals surface area contributed by atoms with Gasteiger partial charge in [-0.1, -0.05) is 167 Å². The van der Waals surface area contributed by atoms with Crippen LogP contribution >= 0.6 is 0 Å². The van der Waals surface area contributed by atoms with Crippen LogP contribution in [0.15, 0.2) is 231 Å². The lowest BCUT2D eigenvalue weighted by Gasteiger charge is -2.36. The quantitative estimate of drug-likeness (QED) is 0.150. The van der Waals surface area contributed by atoms with E-state index >= 15 is 0 Å². The minimum atomic E-state index is -0.201. The molecule has 0 saturated heterocycles. The minimum Gasteiger partial charge on any atom is -0.311 e. The van der Waals surface area contributed by atoms with E-state index in [4.69, 9.17) is 0 Å². The van der Waals surface area contributed by atoms with Crippen molar-refractivity contribution in [3.8, 4) is 44.5 Å². The first kappa shape index (κ1) is 39.6. The number of para-hydroxylation sites is 4. The van der Waals surface area contributed by atoms with E-state index in [1.807, 2.05) is 0 Å². The van der Waals surface area contributed by atoms with Crippen LogP contribution in [0.2, 0.25) is 0 Å². The summed E-state index contributed by atoms with van der Waals surface area (Å²) in [5.74, 6) is 0. The van der Waals surface area contributed by atoms with Crippen molar-refractivity contribution >= 4 is 44.9 Å². The summed E-state index contributed by atoms with van der Waals surface area (Å²) < 4.78 is 0. The van der Waals surface area contributed by atoms with E-state index in [1.165, 1.54) is 77.5 Å². The van der Waals surface area contributed by atoms with Gasteiger partial charge in [0.2, 0.25) is 0 Å². The van der Waals surface area contributed by atoms with Crippen molar-refractivity contribution in [2.45, 2.75) is 38.5 Å². The van der Waals surface area contributed by atoms with E-state index < -0.39 is 0 Å². The second-order valence-corrected chi connectivity index (χ2v) is 19.0. The first-order valence-electron chi connectivity index (χ1n) is 23.2. The maximum atomic E-state index is 2.54. The van der Waals surface area contributed by atoms with Crippen LogP contribution in [-0.4, -0.2) is 0 Å². The Kier molecular flexibility index (Phi) is 9.22. The lowest BCUT2D eigenvalue weighted by Crippen LogP contribution is -2.24. The Morgan fingerprint density at radius 3 is 1.11 bits per heavy atom. The predicted octanol–water partition coefficient (Wildman–Crippen LogP) is 17.7. The Hall–Kier alpha value is -7.94. The largest absolute Gasteiger partial charge is 0.311 e. The number of benzene rings is 10. The Bertz CT molecular complexity index is 3350. The molecule has 0 atom stereocenters. The molecule has 0 N–H and O–H groups in total. The Balaban J connectivity index is 0.907. The normalized spacial score (nSPS) is 13.7. The third kappa shape index (κ3) is 6.31. The molecule has 0 aromatic heterocycles. The summed E-state index contributed by atoms with van der Waals surface area (Å²) in [6.07, 6.45) is 0. The molecule has 2 aliphatic rings. The molecular formula is C64H50N2. The summed E-state index contributed by atoms with van der Waals surface area (Å²) in [6, 6.07) is 84.5. The van der Waals surface area contributed by atoms with Crippen molar-refractivity contribution in [3.05, 3.63) is 253 Å². The molecule has 0 aliphatic heterocycles. The minimum absolute atomic E-state index is 0.194. The number of anilines is 6. The van der Waals surface area contributed by atoms with Gasteiger partial charge >= 0.3 is 0 Å². The molecule has 10 aromatic carbocycles. The van der Waals surface area contributed by atoms with Crippen molar-refractivity contribution in [1.82, 2.24) is 0 Å². The molecule has 0 radical (unpaired) electrons. The van der Waals surface area contributed by atoms with E-state index in [0.29, 0.717) is 0 Å². The van der Waals surface area contributed by atoms with Crippen molar-refractivity contribution in [2.24, 2.45) is 0 Å². The summed E-state index contributed by atoms with van der Waals surface area (Å²) in [5, 5.41) is 2.74. The highest BCUT2D eigenvalue weighted by Gasteiger charge is 2.41. The molecule has 12 rings (SSSR count). The van der Waals surface area contributed by atoms with Gasteiger partial charge in [0.1, 0.15) is 0 Å². The molecule has 0 saturated carbocycles. The van der Waals surface area contributed by atoms with E-state index in [2.05, 4.69) is 268 Å². The SMILES string of the molecule is CC1(C)c2cc(-c3ccc(N(c4ccccc4)c4ccccc4)cc3)ccc2-c2c1cc1c3c(cccc23)C(C)(C)c2cc(-c3ccc(N(c4ccccc4)c4ccccc4)cc3)ccc2-1. The van der Waals surface area contributed by atoms with Crippen molar-refractivity contribution < 1.29 is 0 Å². The Morgan fingerprint density at radius 2 is 0.652 bits per heavy atom. The molecular weight excluding hydrogens is 797 g/mol. The van der Waals surface area contributed by atoms with Crippen LogP contribution in [0.25, 0.3) is 55.3 Å². The molecule has 0 fully saturated rings. The first-order valence-corrected chi connectivity index (χ1v) is 23.2. The Morgan fingerprint density at radius 1 is 0.273 bits per heavy atom. The van der Waals surface area contributed by atoms with E-state index in [0.717, 1.165) is 34.1 Å². The zero-order valence-corrected chi connectivity index (χ0v) is 37.8. The van der Waals surface area contributed by atoms with Gasteiger partial charge < -0.3 is 9.80 Å². The van der Waals surface area contributed by atoms with Crippen LogP contribution in [-0.2, 0) is 10.8 Å². The number of rotatable bonds is 8. The highest BCUT2D eigenvalue weighted by molar-refractivity contribution is 6.12. The third-order valence-corrected chi connectivity index (χ3v) is 14.4. The summed E-state index contributed by atoms with van der Waals surface area (Å²) >= 11 is 0. The molecule has 10 aromatic rings. The second-order valence-electron chi connectivity index (χ2n) is 19.0. The molecule has 2 aliphatic carbocycles. The van der Waals surface area contributed by atoms with Gasteiger partial charge in [0.05, 0.1) is 0 Å². The molecule has 0 spiro atoms.